The van der Waals surface area contributed by atoms with Crippen LogP contribution in [0.4, 0.5) is 10.1 Å². The Morgan fingerprint density at radius 1 is 1.22 bits per heavy atom. The molecule has 0 saturated heterocycles. The van der Waals surface area contributed by atoms with E-state index in [0.717, 1.165) is 25.7 Å². The molecule has 0 bridgehead atoms. The van der Waals surface area contributed by atoms with Gasteiger partial charge in [-0.3, -0.25) is 4.79 Å². The molecule has 1 aliphatic rings. The van der Waals surface area contributed by atoms with E-state index < -0.39 is 0 Å². The number of amides is 1. The fourth-order valence-corrected chi connectivity index (χ4v) is 2.74. The summed E-state index contributed by atoms with van der Waals surface area (Å²) in [6, 6.07) is 4.55. The van der Waals surface area contributed by atoms with Gasteiger partial charge in [-0.05, 0) is 47.0 Å². The van der Waals surface area contributed by atoms with Gasteiger partial charge in [-0.1, -0.05) is 25.7 Å². The molecule has 0 heterocycles. The molecule has 0 aromatic heterocycles. The van der Waals surface area contributed by atoms with Crippen LogP contribution in [-0.2, 0) is 4.79 Å². The molecule has 0 spiro atoms. The lowest BCUT2D eigenvalue weighted by molar-refractivity contribution is -0.120. The number of hydrogen-bond acceptors (Lipinski definition) is 1. The van der Waals surface area contributed by atoms with Crippen LogP contribution in [0.25, 0.3) is 0 Å². The summed E-state index contributed by atoms with van der Waals surface area (Å²) in [5.41, 5.74) is 0.650. The van der Waals surface area contributed by atoms with Gasteiger partial charge >= 0.3 is 0 Å². The summed E-state index contributed by atoms with van der Waals surface area (Å²) in [6.45, 7) is 0. The van der Waals surface area contributed by atoms with Gasteiger partial charge in [0.25, 0.3) is 0 Å². The van der Waals surface area contributed by atoms with Crippen LogP contribution in [0.15, 0.2) is 22.7 Å². The Morgan fingerprint density at radius 2 is 1.89 bits per heavy atom. The summed E-state index contributed by atoms with van der Waals surface area (Å²) < 4.78 is 13.5. The predicted molar refractivity (Wildman–Crippen MR) is 73.9 cm³/mol. The zero-order valence-electron chi connectivity index (χ0n) is 10.2. The Bertz CT molecular complexity index is 428. The van der Waals surface area contributed by atoms with Gasteiger partial charge in [0.15, 0.2) is 0 Å². The van der Waals surface area contributed by atoms with Crippen LogP contribution < -0.4 is 5.32 Å². The Balaban J connectivity index is 1.99. The van der Waals surface area contributed by atoms with E-state index in [4.69, 9.17) is 0 Å². The third kappa shape index (κ3) is 3.55. The average molecular weight is 314 g/mol. The molecule has 1 aromatic rings. The Hall–Kier alpha value is -0.900. The van der Waals surface area contributed by atoms with Crippen LogP contribution in [-0.4, -0.2) is 5.91 Å². The molecule has 1 saturated carbocycles. The first-order valence-corrected chi connectivity index (χ1v) is 7.22. The maximum atomic E-state index is 13.1. The normalized spacial score (nSPS) is 17.2. The van der Waals surface area contributed by atoms with E-state index in [2.05, 4.69) is 21.2 Å². The highest BCUT2D eigenvalue weighted by Crippen LogP contribution is 2.25. The smallest absolute Gasteiger partial charge is 0.227 e. The molecule has 1 amide bonds. The summed E-state index contributed by atoms with van der Waals surface area (Å²) in [5, 5.41) is 2.87. The van der Waals surface area contributed by atoms with Gasteiger partial charge in [0.1, 0.15) is 5.82 Å². The van der Waals surface area contributed by atoms with Crippen molar-refractivity contribution in [2.45, 2.75) is 38.5 Å². The molecule has 0 unspecified atom stereocenters. The predicted octanol–water partition coefficient (Wildman–Crippen LogP) is 4.50. The number of nitrogens with one attached hydrogen (secondary N) is 1. The molecule has 4 heteroatoms. The highest BCUT2D eigenvalue weighted by atomic mass is 79.9. The van der Waals surface area contributed by atoms with Gasteiger partial charge in [0.05, 0.1) is 4.47 Å². The van der Waals surface area contributed by atoms with Crippen molar-refractivity contribution < 1.29 is 9.18 Å². The van der Waals surface area contributed by atoms with E-state index in [1.54, 1.807) is 12.1 Å². The minimum absolute atomic E-state index is 0.0652. The number of hydrogen-bond donors (Lipinski definition) is 1. The average Bonchev–Trinajstić information content (AvgIpc) is 2.62. The summed E-state index contributed by atoms with van der Waals surface area (Å²) >= 11 is 3.12. The Morgan fingerprint density at radius 3 is 2.50 bits per heavy atom. The first-order chi connectivity index (χ1) is 8.66. The van der Waals surface area contributed by atoms with Crippen molar-refractivity contribution in [3.63, 3.8) is 0 Å². The van der Waals surface area contributed by atoms with Crippen molar-refractivity contribution in [3.05, 3.63) is 28.5 Å². The summed E-state index contributed by atoms with van der Waals surface area (Å²) in [5.74, 6) is -0.144. The molecule has 0 aliphatic heterocycles. The molecular weight excluding hydrogens is 297 g/mol. The zero-order valence-corrected chi connectivity index (χ0v) is 11.8. The number of carbonyl (C=O) groups excluding carboxylic acids is 1. The molecule has 98 valence electrons. The first-order valence-electron chi connectivity index (χ1n) is 6.43. The molecule has 2 rings (SSSR count). The van der Waals surface area contributed by atoms with Gasteiger partial charge in [-0.2, -0.15) is 0 Å². The van der Waals surface area contributed by atoms with Crippen molar-refractivity contribution in [2.75, 3.05) is 5.32 Å². The third-order valence-corrected chi connectivity index (χ3v) is 4.02. The second-order valence-corrected chi connectivity index (χ2v) is 5.66. The van der Waals surface area contributed by atoms with Gasteiger partial charge in [-0.25, -0.2) is 4.39 Å². The van der Waals surface area contributed by atoms with Crippen molar-refractivity contribution in [2.24, 2.45) is 5.92 Å². The van der Waals surface area contributed by atoms with Crippen LogP contribution in [0.3, 0.4) is 0 Å². The first kappa shape index (κ1) is 13.5. The molecule has 1 N–H and O–H groups in total. The van der Waals surface area contributed by atoms with E-state index in [-0.39, 0.29) is 17.6 Å². The lowest BCUT2D eigenvalue weighted by Crippen LogP contribution is -2.22. The van der Waals surface area contributed by atoms with E-state index in [1.807, 2.05) is 0 Å². The summed E-state index contributed by atoms with van der Waals surface area (Å²) in [7, 11) is 0. The number of benzene rings is 1. The largest absolute Gasteiger partial charge is 0.326 e. The molecule has 2 nitrogen and oxygen atoms in total. The highest BCUT2D eigenvalue weighted by molar-refractivity contribution is 9.10. The minimum Gasteiger partial charge on any atom is -0.326 e. The molecule has 18 heavy (non-hydrogen) atoms. The topological polar surface area (TPSA) is 29.1 Å². The van der Waals surface area contributed by atoms with Gasteiger partial charge < -0.3 is 5.32 Å². The monoisotopic (exact) mass is 313 g/mol. The van der Waals surface area contributed by atoms with Crippen LogP contribution >= 0.6 is 15.9 Å². The minimum atomic E-state index is -0.317. The van der Waals surface area contributed by atoms with E-state index in [9.17, 15) is 9.18 Å². The van der Waals surface area contributed by atoms with Crippen molar-refractivity contribution in [1.29, 1.82) is 0 Å². The molecule has 0 radical (unpaired) electrons. The Labute approximate surface area is 115 Å². The summed E-state index contributed by atoms with van der Waals surface area (Å²) in [6.07, 6.45) is 6.65. The van der Waals surface area contributed by atoms with Gasteiger partial charge in [0, 0.05) is 11.6 Å². The lowest BCUT2D eigenvalue weighted by atomic mass is 9.99. The van der Waals surface area contributed by atoms with E-state index in [0.29, 0.717) is 10.2 Å². The molecule has 1 aromatic carbocycles. The van der Waals surface area contributed by atoms with Crippen molar-refractivity contribution in [1.82, 2.24) is 0 Å². The molecule has 0 atom stereocenters. The van der Waals surface area contributed by atoms with Crippen LogP contribution in [0.2, 0.25) is 0 Å². The van der Waals surface area contributed by atoms with Crippen LogP contribution in [0.5, 0.6) is 0 Å². The zero-order chi connectivity index (χ0) is 13.0. The second kappa shape index (κ2) is 6.32. The van der Waals surface area contributed by atoms with Crippen molar-refractivity contribution >= 4 is 27.5 Å². The van der Waals surface area contributed by atoms with E-state index in [1.165, 1.54) is 18.9 Å². The second-order valence-electron chi connectivity index (χ2n) is 4.81. The van der Waals surface area contributed by atoms with Crippen LogP contribution in [0.1, 0.15) is 38.5 Å². The van der Waals surface area contributed by atoms with Crippen molar-refractivity contribution in [3.8, 4) is 0 Å². The van der Waals surface area contributed by atoms with E-state index >= 15 is 0 Å². The number of halogens is 2. The fourth-order valence-electron chi connectivity index (χ4n) is 2.36. The SMILES string of the molecule is O=C(Nc1ccc(F)c(Br)c1)C1CCCCCC1. The fraction of sp³-hybridized carbons (Fsp3) is 0.500. The maximum Gasteiger partial charge on any atom is 0.227 e. The third-order valence-electron chi connectivity index (χ3n) is 3.41. The lowest BCUT2D eigenvalue weighted by Gasteiger charge is -2.14. The number of carbonyl (C=O) groups is 1. The maximum absolute atomic E-state index is 13.1. The van der Waals surface area contributed by atoms with Gasteiger partial charge in [-0.15, -0.1) is 0 Å². The Kier molecular flexibility index (Phi) is 4.75. The number of anilines is 1. The van der Waals surface area contributed by atoms with Crippen LogP contribution in [0, 0.1) is 11.7 Å². The molecular formula is C14H17BrFNO. The summed E-state index contributed by atoms with van der Waals surface area (Å²) in [4.78, 5) is 12.1. The molecule has 1 aliphatic carbocycles. The quantitative estimate of drug-likeness (QED) is 0.800. The standard InChI is InChI=1S/C14H17BrFNO/c15-12-9-11(7-8-13(12)16)17-14(18)10-5-3-1-2-4-6-10/h7-10H,1-6H2,(H,17,18). The molecule has 1 fully saturated rings. The number of rotatable bonds is 2. The highest BCUT2D eigenvalue weighted by Gasteiger charge is 2.20. The van der Waals surface area contributed by atoms with Gasteiger partial charge in [0.2, 0.25) is 5.91 Å².